The number of hydrogen-bond donors (Lipinski definition) is 2. The van der Waals surface area contributed by atoms with E-state index in [1.165, 1.54) is 0 Å². The lowest BCUT2D eigenvalue weighted by atomic mass is 9.96. The quantitative estimate of drug-likeness (QED) is 0.407. The van der Waals surface area contributed by atoms with Crippen LogP contribution >= 0.6 is 0 Å². The topological polar surface area (TPSA) is 89.2 Å². The van der Waals surface area contributed by atoms with Gasteiger partial charge in [0.25, 0.3) is 5.91 Å². The van der Waals surface area contributed by atoms with E-state index >= 15 is 0 Å². The van der Waals surface area contributed by atoms with Gasteiger partial charge < -0.3 is 15.1 Å². The van der Waals surface area contributed by atoms with E-state index in [4.69, 9.17) is 4.42 Å². The summed E-state index contributed by atoms with van der Waals surface area (Å²) in [6.45, 7) is -0.381. The number of nitrogens with zero attached hydrogens (tertiary/aromatic N) is 2. The molecule has 3 heterocycles. The Bertz CT molecular complexity index is 1330. The zero-order valence-electron chi connectivity index (χ0n) is 17.7. The molecule has 2 atom stereocenters. The number of alkyl halides is 3. The molecule has 34 heavy (non-hydrogen) atoms. The smallest absolute Gasteiger partial charge is 0.410 e. The standard InChI is InChI=1S/C24H19F3N4O3/c25-24(26,27)21-11-17(14-6-2-1-3-7-14)30-22-16(12-29-31(21)22)23(33)28-13-18(32)20-10-15-8-4-5-9-19(15)34-20/h1-10,12,17,21,30H,11,13H2,(H,28,33)/t17-,21+/m0/s1. The van der Waals surface area contributed by atoms with Crippen molar-refractivity contribution in [2.75, 3.05) is 11.9 Å². The van der Waals surface area contributed by atoms with E-state index < -0.39 is 30.0 Å². The van der Waals surface area contributed by atoms with Crippen molar-refractivity contribution in [3.05, 3.63) is 83.7 Å². The number of para-hydroxylation sites is 1. The van der Waals surface area contributed by atoms with Crippen LogP contribution in [0.1, 0.15) is 45.0 Å². The van der Waals surface area contributed by atoms with Crippen LogP contribution in [0, 0.1) is 0 Å². The molecule has 1 amide bonds. The van der Waals surface area contributed by atoms with Crippen molar-refractivity contribution in [3.8, 4) is 0 Å². The second-order valence-corrected chi connectivity index (χ2v) is 8.01. The van der Waals surface area contributed by atoms with Crippen LogP contribution in [0.5, 0.6) is 0 Å². The molecule has 174 valence electrons. The predicted molar refractivity (Wildman–Crippen MR) is 118 cm³/mol. The predicted octanol–water partition coefficient (Wildman–Crippen LogP) is 4.90. The summed E-state index contributed by atoms with van der Waals surface area (Å²) >= 11 is 0. The number of carbonyl (C=O) groups excluding carboxylic acids is 2. The molecule has 0 spiro atoms. The monoisotopic (exact) mass is 468 g/mol. The lowest BCUT2D eigenvalue weighted by Gasteiger charge is -2.34. The fourth-order valence-corrected chi connectivity index (χ4v) is 4.09. The van der Waals surface area contributed by atoms with Gasteiger partial charge in [0.05, 0.1) is 18.8 Å². The minimum absolute atomic E-state index is 0.0453. The average molecular weight is 468 g/mol. The number of nitrogens with one attached hydrogen (secondary N) is 2. The molecule has 0 unspecified atom stereocenters. The summed E-state index contributed by atoms with van der Waals surface area (Å²) in [5.41, 5.74) is 1.13. The van der Waals surface area contributed by atoms with Crippen LogP contribution in [0.2, 0.25) is 0 Å². The molecule has 2 N–H and O–H groups in total. The number of furan rings is 1. The van der Waals surface area contributed by atoms with Gasteiger partial charge in [0.2, 0.25) is 5.78 Å². The van der Waals surface area contributed by atoms with Crippen LogP contribution < -0.4 is 10.6 Å². The maximum Gasteiger partial charge on any atom is 0.410 e. The summed E-state index contributed by atoms with van der Waals surface area (Å²) < 4.78 is 47.7. The molecule has 2 aromatic heterocycles. The third-order valence-electron chi connectivity index (χ3n) is 5.79. The Labute approximate surface area is 191 Å². The van der Waals surface area contributed by atoms with Crippen molar-refractivity contribution in [1.29, 1.82) is 0 Å². The lowest BCUT2D eigenvalue weighted by Crippen LogP contribution is -2.37. The molecule has 1 aliphatic heterocycles. The molecule has 1 aliphatic rings. The number of halogens is 3. The fraction of sp³-hybridized carbons (Fsp3) is 0.208. The Morgan fingerprint density at radius 2 is 1.85 bits per heavy atom. The average Bonchev–Trinajstić information content (AvgIpc) is 3.46. The first kappa shape index (κ1) is 21.7. The van der Waals surface area contributed by atoms with Crippen molar-refractivity contribution >= 4 is 28.5 Å². The van der Waals surface area contributed by atoms with Crippen molar-refractivity contribution in [1.82, 2.24) is 15.1 Å². The van der Waals surface area contributed by atoms with Gasteiger partial charge in [-0.2, -0.15) is 18.3 Å². The Morgan fingerprint density at radius 3 is 2.59 bits per heavy atom. The van der Waals surface area contributed by atoms with Gasteiger partial charge in [-0.25, -0.2) is 4.68 Å². The van der Waals surface area contributed by atoms with E-state index in [0.29, 0.717) is 11.1 Å². The number of carbonyl (C=O) groups is 2. The molecule has 0 fully saturated rings. The zero-order chi connectivity index (χ0) is 23.9. The van der Waals surface area contributed by atoms with Crippen LogP contribution in [0.3, 0.4) is 0 Å². The van der Waals surface area contributed by atoms with Crippen LogP contribution in [0.15, 0.2) is 71.3 Å². The number of amides is 1. The zero-order valence-corrected chi connectivity index (χ0v) is 17.7. The minimum Gasteiger partial charge on any atom is -0.453 e. The maximum absolute atomic E-state index is 13.8. The van der Waals surface area contributed by atoms with E-state index in [1.807, 2.05) is 0 Å². The number of fused-ring (bicyclic) bond motifs is 2. The molecule has 0 aliphatic carbocycles. The van der Waals surface area contributed by atoms with Crippen LogP contribution in [0.25, 0.3) is 11.0 Å². The molecule has 0 saturated carbocycles. The summed E-state index contributed by atoms with van der Waals surface area (Å²) in [6.07, 6.45) is -3.75. The number of aromatic nitrogens is 2. The number of anilines is 1. The van der Waals surface area contributed by atoms with Gasteiger partial charge in [-0.1, -0.05) is 48.5 Å². The molecule has 0 radical (unpaired) electrons. The first-order valence-electron chi connectivity index (χ1n) is 10.6. The molecular formula is C24H19F3N4O3. The SMILES string of the molecule is O=C(CNC(=O)c1cnn2c1N[C@H](c1ccccc1)C[C@@H]2C(F)(F)F)c1cc2ccccc2o1. The molecule has 0 saturated heterocycles. The third-order valence-corrected chi connectivity index (χ3v) is 5.79. The highest BCUT2D eigenvalue weighted by molar-refractivity contribution is 6.04. The Morgan fingerprint density at radius 1 is 1.12 bits per heavy atom. The summed E-state index contributed by atoms with van der Waals surface area (Å²) in [5, 5.41) is 10.1. The number of Topliss-reactive ketones (excluding diaryl/α,β-unsaturated/α-hetero) is 1. The van der Waals surface area contributed by atoms with E-state index in [9.17, 15) is 22.8 Å². The third kappa shape index (κ3) is 4.02. The molecular weight excluding hydrogens is 449 g/mol. The lowest BCUT2D eigenvalue weighted by molar-refractivity contribution is -0.173. The largest absolute Gasteiger partial charge is 0.453 e. The molecule has 5 rings (SSSR count). The van der Waals surface area contributed by atoms with E-state index in [2.05, 4.69) is 15.7 Å². The van der Waals surface area contributed by atoms with Gasteiger partial charge >= 0.3 is 6.18 Å². The van der Waals surface area contributed by atoms with Gasteiger partial charge in [0, 0.05) is 11.8 Å². The highest BCUT2D eigenvalue weighted by Crippen LogP contribution is 2.44. The summed E-state index contributed by atoms with van der Waals surface area (Å²) in [5.74, 6) is -1.14. The molecule has 0 bridgehead atoms. The Hall–Kier alpha value is -4.08. The van der Waals surface area contributed by atoms with Gasteiger partial charge in [0.1, 0.15) is 17.0 Å². The van der Waals surface area contributed by atoms with Crippen LogP contribution in [0.4, 0.5) is 19.0 Å². The summed E-state index contributed by atoms with van der Waals surface area (Å²) in [6, 6.07) is 14.8. The highest BCUT2D eigenvalue weighted by atomic mass is 19.4. The summed E-state index contributed by atoms with van der Waals surface area (Å²) in [4.78, 5) is 25.3. The fourth-order valence-electron chi connectivity index (χ4n) is 4.09. The Kier molecular flexibility index (Phi) is 5.35. The van der Waals surface area contributed by atoms with Crippen LogP contribution in [-0.2, 0) is 0 Å². The van der Waals surface area contributed by atoms with E-state index in [0.717, 1.165) is 16.3 Å². The summed E-state index contributed by atoms with van der Waals surface area (Å²) in [7, 11) is 0. The van der Waals surface area contributed by atoms with E-state index in [1.54, 1.807) is 60.7 Å². The van der Waals surface area contributed by atoms with Crippen molar-refractivity contribution in [2.45, 2.75) is 24.7 Å². The van der Waals surface area contributed by atoms with Crippen LogP contribution in [-0.4, -0.2) is 34.2 Å². The molecule has 4 aromatic rings. The van der Waals surface area contributed by atoms with Gasteiger partial charge in [-0.05, 0) is 17.7 Å². The van der Waals surface area contributed by atoms with Crippen molar-refractivity contribution in [3.63, 3.8) is 0 Å². The van der Waals surface area contributed by atoms with Gasteiger partial charge in [-0.3, -0.25) is 9.59 Å². The maximum atomic E-state index is 13.8. The highest BCUT2D eigenvalue weighted by Gasteiger charge is 2.47. The Balaban J connectivity index is 1.37. The van der Waals surface area contributed by atoms with Gasteiger partial charge in [-0.15, -0.1) is 0 Å². The van der Waals surface area contributed by atoms with Crippen molar-refractivity contribution in [2.24, 2.45) is 0 Å². The first-order valence-corrected chi connectivity index (χ1v) is 10.6. The molecule has 7 nitrogen and oxygen atoms in total. The normalized spacial score (nSPS) is 17.7. The number of ketones is 1. The molecule has 2 aromatic carbocycles. The van der Waals surface area contributed by atoms with Gasteiger partial charge in [0.15, 0.2) is 11.8 Å². The minimum atomic E-state index is -4.55. The first-order chi connectivity index (χ1) is 16.3. The number of rotatable bonds is 5. The second kappa shape index (κ2) is 8.36. The number of hydrogen-bond acceptors (Lipinski definition) is 5. The van der Waals surface area contributed by atoms with E-state index in [-0.39, 0.29) is 30.1 Å². The van der Waals surface area contributed by atoms with Crippen molar-refractivity contribution < 1.29 is 27.2 Å². The molecule has 10 heteroatoms. The second-order valence-electron chi connectivity index (χ2n) is 8.01. The number of benzene rings is 2.